The molecule has 1 aliphatic carbocycles. The largest absolute Gasteiger partial charge is 0.391 e. The second-order valence-corrected chi connectivity index (χ2v) is 5.33. The summed E-state index contributed by atoms with van der Waals surface area (Å²) in [7, 11) is 1.63. The van der Waals surface area contributed by atoms with Crippen molar-refractivity contribution < 1.29 is 9.84 Å². The van der Waals surface area contributed by atoms with Gasteiger partial charge in [-0.2, -0.15) is 0 Å². The van der Waals surface area contributed by atoms with Crippen molar-refractivity contribution in [3.05, 3.63) is 0 Å². The molecule has 1 saturated carbocycles. The molecule has 0 aromatic rings. The Kier molecular flexibility index (Phi) is 7.82. The van der Waals surface area contributed by atoms with E-state index in [0.717, 1.165) is 18.9 Å². The van der Waals surface area contributed by atoms with Crippen molar-refractivity contribution in [3.8, 4) is 0 Å². The van der Waals surface area contributed by atoms with Crippen LogP contribution in [0.25, 0.3) is 0 Å². The summed E-state index contributed by atoms with van der Waals surface area (Å²) in [5.74, 6) is 0.945. The lowest BCUT2D eigenvalue weighted by atomic mass is 9.98. The standard InChI is InChI=1S/C14H29NO2/c1-3-12-5-4-6-13(8-7-12)15-10-9-14(16)11-17-2/h12-16H,3-11H2,1-2H3. The quantitative estimate of drug-likeness (QED) is 0.674. The van der Waals surface area contributed by atoms with Gasteiger partial charge < -0.3 is 15.2 Å². The average molecular weight is 243 g/mol. The zero-order valence-corrected chi connectivity index (χ0v) is 11.5. The van der Waals surface area contributed by atoms with E-state index in [9.17, 15) is 5.11 Å². The molecule has 1 rings (SSSR count). The Hall–Kier alpha value is -0.120. The van der Waals surface area contributed by atoms with Gasteiger partial charge in [-0.05, 0) is 38.1 Å². The van der Waals surface area contributed by atoms with E-state index in [1.165, 1.54) is 38.5 Å². The molecule has 0 radical (unpaired) electrons. The molecule has 0 saturated heterocycles. The molecule has 0 bridgehead atoms. The summed E-state index contributed by atoms with van der Waals surface area (Å²) in [6.07, 6.45) is 8.55. The smallest absolute Gasteiger partial charge is 0.0785 e. The number of rotatable bonds is 7. The van der Waals surface area contributed by atoms with Crippen molar-refractivity contribution in [1.82, 2.24) is 5.32 Å². The molecular formula is C14H29NO2. The van der Waals surface area contributed by atoms with Crippen molar-refractivity contribution in [3.63, 3.8) is 0 Å². The van der Waals surface area contributed by atoms with Crippen molar-refractivity contribution in [1.29, 1.82) is 0 Å². The SMILES string of the molecule is CCC1CCCC(NCCC(O)COC)CC1. The fourth-order valence-electron chi connectivity index (χ4n) is 2.72. The highest BCUT2D eigenvalue weighted by Gasteiger charge is 2.17. The number of aliphatic hydroxyl groups excluding tert-OH is 1. The number of nitrogens with one attached hydrogen (secondary N) is 1. The van der Waals surface area contributed by atoms with E-state index in [1.54, 1.807) is 7.11 Å². The predicted octanol–water partition coefficient (Wildman–Crippen LogP) is 2.33. The highest BCUT2D eigenvalue weighted by Crippen LogP contribution is 2.25. The third-order valence-electron chi connectivity index (χ3n) is 3.94. The van der Waals surface area contributed by atoms with Crippen LogP contribution >= 0.6 is 0 Å². The Labute approximate surface area is 106 Å². The Morgan fingerprint density at radius 3 is 2.82 bits per heavy atom. The van der Waals surface area contributed by atoms with E-state index in [1.807, 2.05) is 0 Å². The fourth-order valence-corrected chi connectivity index (χ4v) is 2.72. The molecule has 0 aromatic carbocycles. The molecule has 17 heavy (non-hydrogen) atoms. The highest BCUT2D eigenvalue weighted by atomic mass is 16.5. The first-order chi connectivity index (χ1) is 8.26. The maximum Gasteiger partial charge on any atom is 0.0785 e. The summed E-state index contributed by atoms with van der Waals surface area (Å²) in [5.41, 5.74) is 0. The summed E-state index contributed by atoms with van der Waals surface area (Å²) < 4.78 is 4.92. The van der Waals surface area contributed by atoms with Crippen LogP contribution in [0.15, 0.2) is 0 Å². The summed E-state index contributed by atoms with van der Waals surface area (Å²) in [5, 5.41) is 13.1. The highest BCUT2D eigenvalue weighted by molar-refractivity contribution is 4.74. The number of hydrogen-bond donors (Lipinski definition) is 2. The van der Waals surface area contributed by atoms with Crippen LogP contribution in [-0.2, 0) is 4.74 Å². The van der Waals surface area contributed by atoms with Crippen molar-refractivity contribution in [2.24, 2.45) is 5.92 Å². The fraction of sp³-hybridized carbons (Fsp3) is 1.00. The van der Waals surface area contributed by atoms with Crippen LogP contribution in [0.5, 0.6) is 0 Å². The zero-order chi connectivity index (χ0) is 12.5. The van der Waals surface area contributed by atoms with Crippen LogP contribution in [0.3, 0.4) is 0 Å². The first-order valence-electron chi connectivity index (χ1n) is 7.16. The van der Waals surface area contributed by atoms with Gasteiger partial charge >= 0.3 is 0 Å². The Morgan fingerprint density at radius 1 is 1.29 bits per heavy atom. The lowest BCUT2D eigenvalue weighted by Gasteiger charge is -2.18. The molecule has 0 aromatic heterocycles. The third-order valence-corrected chi connectivity index (χ3v) is 3.94. The third kappa shape index (κ3) is 6.39. The van der Waals surface area contributed by atoms with Crippen LogP contribution in [0.1, 0.15) is 51.9 Å². The molecule has 0 amide bonds. The topological polar surface area (TPSA) is 41.5 Å². The van der Waals surface area contributed by atoms with E-state index in [-0.39, 0.29) is 6.10 Å². The normalized spacial score (nSPS) is 27.7. The Balaban J connectivity index is 2.10. The van der Waals surface area contributed by atoms with Gasteiger partial charge in [0.2, 0.25) is 0 Å². The first kappa shape index (κ1) is 14.9. The Bertz CT molecular complexity index is 187. The van der Waals surface area contributed by atoms with E-state index in [4.69, 9.17) is 4.74 Å². The molecule has 0 heterocycles. The van der Waals surface area contributed by atoms with E-state index in [2.05, 4.69) is 12.2 Å². The minimum Gasteiger partial charge on any atom is -0.391 e. The maximum absolute atomic E-state index is 9.55. The van der Waals surface area contributed by atoms with E-state index in [0.29, 0.717) is 12.6 Å². The number of aliphatic hydroxyl groups is 1. The number of methoxy groups -OCH3 is 1. The second-order valence-electron chi connectivity index (χ2n) is 5.33. The van der Waals surface area contributed by atoms with Gasteiger partial charge in [0.25, 0.3) is 0 Å². The summed E-state index contributed by atoms with van der Waals surface area (Å²) in [6.45, 7) is 3.66. The molecule has 1 aliphatic rings. The van der Waals surface area contributed by atoms with Gasteiger partial charge in [-0.25, -0.2) is 0 Å². The minimum atomic E-state index is -0.318. The van der Waals surface area contributed by atoms with Crippen molar-refractivity contribution >= 4 is 0 Å². The van der Waals surface area contributed by atoms with Crippen LogP contribution in [-0.4, -0.2) is 37.5 Å². The average Bonchev–Trinajstić information content (AvgIpc) is 2.55. The van der Waals surface area contributed by atoms with Crippen molar-refractivity contribution in [2.45, 2.75) is 64.0 Å². The van der Waals surface area contributed by atoms with Gasteiger partial charge in [-0.1, -0.05) is 26.2 Å². The lowest BCUT2D eigenvalue weighted by molar-refractivity contribution is 0.0589. The monoisotopic (exact) mass is 243 g/mol. The molecule has 3 unspecified atom stereocenters. The van der Waals surface area contributed by atoms with Gasteiger partial charge in [0.05, 0.1) is 12.7 Å². The minimum absolute atomic E-state index is 0.318. The van der Waals surface area contributed by atoms with Gasteiger partial charge in [-0.3, -0.25) is 0 Å². The van der Waals surface area contributed by atoms with Gasteiger partial charge in [0.15, 0.2) is 0 Å². The molecule has 3 nitrogen and oxygen atoms in total. The summed E-state index contributed by atoms with van der Waals surface area (Å²) in [4.78, 5) is 0. The van der Waals surface area contributed by atoms with Crippen LogP contribution < -0.4 is 5.32 Å². The predicted molar refractivity (Wildman–Crippen MR) is 71.2 cm³/mol. The molecule has 3 heteroatoms. The van der Waals surface area contributed by atoms with Gasteiger partial charge in [0.1, 0.15) is 0 Å². The Morgan fingerprint density at radius 2 is 2.12 bits per heavy atom. The number of hydrogen-bond acceptors (Lipinski definition) is 3. The maximum atomic E-state index is 9.55. The van der Waals surface area contributed by atoms with Crippen LogP contribution in [0, 0.1) is 5.92 Å². The number of ether oxygens (including phenoxy) is 1. The van der Waals surface area contributed by atoms with E-state index < -0.39 is 0 Å². The van der Waals surface area contributed by atoms with Crippen molar-refractivity contribution in [2.75, 3.05) is 20.3 Å². The molecule has 0 aliphatic heterocycles. The molecule has 3 atom stereocenters. The molecular weight excluding hydrogens is 214 g/mol. The summed E-state index contributed by atoms with van der Waals surface area (Å²) in [6, 6.07) is 0.668. The molecule has 0 spiro atoms. The molecule has 2 N–H and O–H groups in total. The van der Waals surface area contributed by atoms with Crippen LogP contribution in [0.4, 0.5) is 0 Å². The molecule has 102 valence electrons. The summed E-state index contributed by atoms with van der Waals surface area (Å²) >= 11 is 0. The van der Waals surface area contributed by atoms with Gasteiger partial charge in [0, 0.05) is 13.2 Å². The first-order valence-corrected chi connectivity index (χ1v) is 7.16. The van der Waals surface area contributed by atoms with E-state index >= 15 is 0 Å². The molecule has 1 fully saturated rings. The zero-order valence-electron chi connectivity index (χ0n) is 11.5. The van der Waals surface area contributed by atoms with Crippen LogP contribution in [0.2, 0.25) is 0 Å². The lowest BCUT2D eigenvalue weighted by Crippen LogP contribution is -2.32. The van der Waals surface area contributed by atoms with Gasteiger partial charge in [-0.15, -0.1) is 0 Å². The second kappa shape index (κ2) is 8.90.